The summed E-state index contributed by atoms with van der Waals surface area (Å²) in [5, 5.41) is 29.0. The predicted molar refractivity (Wildman–Crippen MR) is 52.2 cm³/mol. The molecule has 0 aliphatic carbocycles. The van der Waals surface area contributed by atoms with E-state index in [2.05, 4.69) is 12.6 Å². The van der Waals surface area contributed by atoms with Crippen LogP contribution in [0.25, 0.3) is 0 Å². The van der Waals surface area contributed by atoms with Gasteiger partial charge in [0.1, 0.15) is 23.9 Å². The lowest BCUT2D eigenvalue weighted by molar-refractivity contribution is -0.312. The summed E-state index contributed by atoms with van der Waals surface area (Å²) in [7, 11) is 1.36. The zero-order valence-corrected chi connectivity index (χ0v) is 9.02. The fraction of sp³-hybridized carbons (Fsp3) is 1.00. The van der Waals surface area contributed by atoms with Gasteiger partial charge in [0.2, 0.25) is 0 Å². The van der Waals surface area contributed by atoms with Gasteiger partial charge in [0.15, 0.2) is 6.29 Å². The summed E-state index contributed by atoms with van der Waals surface area (Å²) in [5.74, 6) is 0.233. The van der Waals surface area contributed by atoms with Crippen LogP contribution in [0.4, 0.5) is 0 Å². The number of aliphatic hydroxyl groups is 3. The molecule has 0 amide bonds. The Morgan fingerprint density at radius 2 is 2.07 bits per heavy atom. The summed E-state index contributed by atoms with van der Waals surface area (Å²) in [6.07, 6.45) is -4.17. The molecule has 1 aliphatic rings. The van der Waals surface area contributed by atoms with Gasteiger partial charge in [-0.2, -0.15) is 12.6 Å². The van der Waals surface area contributed by atoms with Crippen molar-refractivity contribution in [2.45, 2.75) is 37.1 Å². The molecule has 1 rings (SSSR count). The molecule has 14 heavy (non-hydrogen) atoms. The van der Waals surface area contributed by atoms with Crippen molar-refractivity contribution in [1.29, 1.82) is 0 Å². The highest BCUT2D eigenvalue weighted by Gasteiger charge is 2.51. The van der Waals surface area contributed by atoms with Crippen molar-refractivity contribution in [3.8, 4) is 0 Å². The molecule has 3 N–H and O–H groups in total. The van der Waals surface area contributed by atoms with E-state index in [-0.39, 0.29) is 5.75 Å². The van der Waals surface area contributed by atoms with Gasteiger partial charge in [0.25, 0.3) is 0 Å². The second-order valence-corrected chi connectivity index (χ2v) is 3.94. The molecule has 5 atom stereocenters. The third kappa shape index (κ3) is 1.91. The molecule has 6 heteroatoms. The Kier molecular flexibility index (Phi) is 3.79. The molecular formula is C8H16O5S. The summed E-state index contributed by atoms with van der Waals surface area (Å²) in [4.78, 5) is 0. The third-order valence-corrected chi connectivity index (χ3v) is 2.88. The van der Waals surface area contributed by atoms with Crippen molar-refractivity contribution in [2.75, 3.05) is 12.9 Å². The molecule has 4 unspecified atom stereocenters. The van der Waals surface area contributed by atoms with Gasteiger partial charge in [-0.15, -0.1) is 0 Å². The van der Waals surface area contributed by atoms with Gasteiger partial charge in [-0.25, -0.2) is 0 Å². The average Bonchev–Trinajstić information content (AvgIpc) is 2.15. The fourth-order valence-corrected chi connectivity index (χ4v) is 1.94. The lowest BCUT2D eigenvalue weighted by Gasteiger charge is -2.45. The van der Waals surface area contributed by atoms with Crippen molar-refractivity contribution in [3.63, 3.8) is 0 Å². The van der Waals surface area contributed by atoms with Crippen LogP contribution in [0.3, 0.4) is 0 Å². The van der Waals surface area contributed by atoms with Crippen molar-refractivity contribution >= 4 is 12.6 Å². The van der Waals surface area contributed by atoms with Gasteiger partial charge in [0.05, 0.1) is 0 Å². The zero-order chi connectivity index (χ0) is 10.9. The highest BCUT2D eigenvalue weighted by Crippen LogP contribution is 2.30. The van der Waals surface area contributed by atoms with Gasteiger partial charge >= 0.3 is 0 Å². The number of methoxy groups -OCH3 is 1. The molecule has 0 bridgehead atoms. The predicted octanol–water partition coefficient (Wildman–Crippen LogP) is -1.24. The molecule has 0 spiro atoms. The first-order valence-electron chi connectivity index (χ1n) is 4.32. The Morgan fingerprint density at radius 3 is 2.50 bits per heavy atom. The SMILES string of the molecule is CO[C@H]1OC(CS)C(C)(O)C(O)C1O. The zero-order valence-electron chi connectivity index (χ0n) is 8.12. The second-order valence-electron chi connectivity index (χ2n) is 3.57. The smallest absolute Gasteiger partial charge is 0.186 e. The molecule has 0 aromatic carbocycles. The van der Waals surface area contributed by atoms with E-state index in [0.717, 1.165) is 0 Å². The second kappa shape index (κ2) is 4.34. The molecule has 0 radical (unpaired) electrons. The van der Waals surface area contributed by atoms with E-state index in [9.17, 15) is 15.3 Å². The minimum atomic E-state index is -1.52. The normalized spacial score (nSPS) is 49.3. The Hall–Kier alpha value is 0.150. The highest BCUT2D eigenvalue weighted by molar-refractivity contribution is 7.80. The molecule has 0 aromatic heterocycles. The first-order chi connectivity index (χ1) is 6.45. The summed E-state index contributed by atoms with van der Waals surface area (Å²) in [5.41, 5.74) is -1.52. The number of hydrogen-bond acceptors (Lipinski definition) is 6. The Balaban J connectivity index is 2.83. The van der Waals surface area contributed by atoms with Crippen molar-refractivity contribution in [1.82, 2.24) is 0 Å². The summed E-state index contributed by atoms with van der Waals surface area (Å²) < 4.78 is 10.0. The van der Waals surface area contributed by atoms with Crippen molar-refractivity contribution in [2.24, 2.45) is 0 Å². The van der Waals surface area contributed by atoms with Crippen LogP contribution in [-0.4, -0.2) is 58.4 Å². The van der Waals surface area contributed by atoms with Crippen LogP contribution >= 0.6 is 12.6 Å². The molecule has 1 aliphatic heterocycles. The monoisotopic (exact) mass is 224 g/mol. The van der Waals surface area contributed by atoms with E-state index in [0.29, 0.717) is 0 Å². The lowest BCUT2D eigenvalue weighted by Crippen LogP contribution is -2.65. The molecule has 0 saturated carbocycles. The lowest BCUT2D eigenvalue weighted by atomic mass is 9.86. The first-order valence-corrected chi connectivity index (χ1v) is 4.96. The fourth-order valence-electron chi connectivity index (χ4n) is 1.49. The number of aliphatic hydroxyl groups excluding tert-OH is 2. The van der Waals surface area contributed by atoms with E-state index in [1.165, 1.54) is 14.0 Å². The molecule has 84 valence electrons. The Morgan fingerprint density at radius 1 is 1.50 bits per heavy atom. The maximum Gasteiger partial charge on any atom is 0.186 e. The summed E-state index contributed by atoms with van der Waals surface area (Å²) in [6, 6.07) is 0. The third-order valence-electron chi connectivity index (χ3n) is 2.55. The van der Waals surface area contributed by atoms with E-state index < -0.39 is 30.2 Å². The number of hydrogen-bond donors (Lipinski definition) is 4. The summed E-state index contributed by atoms with van der Waals surface area (Å²) in [6.45, 7) is 1.40. The van der Waals surface area contributed by atoms with E-state index >= 15 is 0 Å². The van der Waals surface area contributed by atoms with Gasteiger partial charge in [-0.3, -0.25) is 0 Å². The quantitative estimate of drug-likeness (QED) is 0.441. The Bertz CT molecular complexity index is 194. The van der Waals surface area contributed by atoms with Crippen LogP contribution in [0.5, 0.6) is 0 Å². The largest absolute Gasteiger partial charge is 0.387 e. The Labute approximate surface area is 88.1 Å². The standard InChI is InChI=1S/C8H16O5S/c1-8(11)4(3-14)13-7(12-2)5(9)6(8)10/h4-7,9-11,14H,3H2,1-2H3/t4?,5?,6?,7-,8?/m0/s1. The maximum atomic E-state index is 9.85. The topological polar surface area (TPSA) is 79.2 Å². The van der Waals surface area contributed by atoms with Crippen LogP contribution in [0.2, 0.25) is 0 Å². The minimum absolute atomic E-state index is 0.233. The number of rotatable bonds is 2. The maximum absolute atomic E-state index is 9.85. The van der Waals surface area contributed by atoms with Gasteiger partial charge < -0.3 is 24.8 Å². The van der Waals surface area contributed by atoms with Crippen molar-refractivity contribution < 1.29 is 24.8 Å². The van der Waals surface area contributed by atoms with Crippen LogP contribution in [-0.2, 0) is 9.47 Å². The van der Waals surface area contributed by atoms with Crippen LogP contribution in [0, 0.1) is 0 Å². The minimum Gasteiger partial charge on any atom is -0.387 e. The first kappa shape index (κ1) is 12.2. The molecular weight excluding hydrogens is 208 g/mol. The van der Waals surface area contributed by atoms with Crippen molar-refractivity contribution in [3.05, 3.63) is 0 Å². The van der Waals surface area contributed by atoms with E-state index in [1.807, 2.05) is 0 Å². The highest BCUT2D eigenvalue weighted by atomic mass is 32.1. The van der Waals surface area contributed by atoms with E-state index in [4.69, 9.17) is 9.47 Å². The molecule has 1 saturated heterocycles. The van der Waals surface area contributed by atoms with Gasteiger partial charge in [0, 0.05) is 12.9 Å². The van der Waals surface area contributed by atoms with Crippen LogP contribution < -0.4 is 0 Å². The van der Waals surface area contributed by atoms with Gasteiger partial charge in [-0.1, -0.05) is 0 Å². The van der Waals surface area contributed by atoms with Crippen LogP contribution in [0.15, 0.2) is 0 Å². The number of ether oxygens (including phenoxy) is 2. The molecule has 1 heterocycles. The average molecular weight is 224 g/mol. The van der Waals surface area contributed by atoms with E-state index in [1.54, 1.807) is 0 Å². The number of thiol groups is 1. The molecule has 0 aromatic rings. The van der Waals surface area contributed by atoms with Gasteiger partial charge in [-0.05, 0) is 6.92 Å². The van der Waals surface area contributed by atoms with Crippen LogP contribution in [0.1, 0.15) is 6.92 Å². The summed E-state index contributed by atoms with van der Waals surface area (Å²) >= 11 is 3.99. The molecule has 5 nitrogen and oxygen atoms in total. The molecule has 1 fully saturated rings.